The minimum absolute atomic E-state index is 0.101. The maximum Gasteiger partial charge on any atom is 0.259 e. The third-order valence-electron chi connectivity index (χ3n) is 6.07. The predicted molar refractivity (Wildman–Crippen MR) is 128 cm³/mol. The van der Waals surface area contributed by atoms with Crippen LogP contribution in [0.4, 0.5) is 4.39 Å². The molecule has 4 aromatic rings. The zero-order valence-corrected chi connectivity index (χ0v) is 19.2. The van der Waals surface area contributed by atoms with Crippen molar-refractivity contribution < 1.29 is 18.7 Å². The summed E-state index contributed by atoms with van der Waals surface area (Å²) in [5.74, 6) is 0.322. The number of ether oxygens (including phenoxy) is 1. The molecule has 2 amide bonds. The molecule has 0 radical (unpaired) electrons. The van der Waals surface area contributed by atoms with E-state index in [-0.39, 0.29) is 17.5 Å². The lowest BCUT2D eigenvalue weighted by atomic mass is 10.1. The van der Waals surface area contributed by atoms with E-state index in [1.807, 2.05) is 12.1 Å². The minimum Gasteiger partial charge on any atom is -0.497 e. The van der Waals surface area contributed by atoms with Crippen LogP contribution in [0.5, 0.6) is 5.75 Å². The van der Waals surface area contributed by atoms with Crippen LogP contribution in [-0.4, -0.2) is 69.3 Å². The van der Waals surface area contributed by atoms with E-state index in [1.165, 1.54) is 16.9 Å². The van der Waals surface area contributed by atoms with Crippen LogP contribution >= 0.6 is 0 Å². The van der Waals surface area contributed by atoms with Crippen LogP contribution in [0.2, 0.25) is 0 Å². The van der Waals surface area contributed by atoms with Gasteiger partial charge in [0.25, 0.3) is 11.8 Å². The summed E-state index contributed by atoms with van der Waals surface area (Å²) in [6.07, 6.45) is 5.05. The summed E-state index contributed by atoms with van der Waals surface area (Å²) in [6, 6.07) is 17.0. The van der Waals surface area contributed by atoms with Crippen LogP contribution < -0.4 is 4.74 Å². The van der Waals surface area contributed by atoms with Crippen LogP contribution in [0.15, 0.2) is 79.3 Å². The minimum atomic E-state index is -0.437. The smallest absolute Gasteiger partial charge is 0.259 e. The van der Waals surface area contributed by atoms with Crippen LogP contribution in [-0.2, 0) is 0 Å². The van der Waals surface area contributed by atoms with E-state index in [1.54, 1.807) is 76.3 Å². The van der Waals surface area contributed by atoms with Gasteiger partial charge in [0.2, 0.25) is 0 Å². The van der Waals surface area contributed by atoms with Gasteiger partial charge < -0.3 is 19.1 Å². The van der Waals surface area contributed by atoms with Gasteiger partial charge in [0, 0.05) is 44.1 Å². The Labute approximate surface area is 201 Å². The first-order valence-electron chi connectivity index (χ1n) is 11.3. The monoisotopic (exact) mass is 473 g/mol. The average Bonchev–Trinajstić information content (AvgIpc) is 3.58. The highest BCUT2D eigenvalue weighted by molar-refractivity contribution is 5.98. The Morgan fingerprint density at radius 2 is 1.57 bits per heavy atom. The standard InChI is InChI=1S/C26H24FN5O3/c1-35-20-8-6-7-19(17-20)25(33)30-13-15-31(16-14-30)26(34)21-18-28-32(23-10-3-2-9-22(23)27)24(21)29-11-4-5-12-29/h2-12,17-18H,13-16H2,1H3. The SMILES string of the molecule is COc1cccc(C(=O)N2CCN(C(=O)c3cnn(-c4ccccc4F)c3-n3cccc3)CC2)c1. The molecule has 0 aliphatic carbocycles. The first-order chi connectivity index (χ1) is 17.1. The Bertz CT molecular complexity index is 1360. The first-order valence-corrected chi connectivity index (χ1v) is 11.3. The van der Waals surface area contributed by atoms with Crippen molar-refractivity contribution in [2.75, 3.05) is 33.3 Å². The van der Waals surface area contributed by atoms with E-state index >= 15 is 0 Å². The Hall–Kier alpha value is -4.40. The normalized spacial score (nSPS) is 13.7. The number of piperazine rings is 1. The molecule has 1 aliphatic rings. The second-order valence-electron chi connectivity index (χ2n) is 8.15. The molecular weight excluding hydrogens is 449 g/mol. The molecule has 9 heteroatoms. The van der Waals surface area contributed by atoms with Crippen LogP contribution in [0.25, 0.3) is 11.5 Å². The molecule has 0 saturated carbocycles. The molecule has 0 spiro atoms. The topological polar surface area (TPSA) is 72.6 Å². The van der Waals surface area contributed by atoms with Gasteiger partial charge in [-0.15, -0.1) is 0 Å². The van der Waals surface area contributed by atoms with Gasteiger partial charge in [-0.2, -0.15) is 5.10 Å². The van der Waals surface area contributed by atoms with Crippen molar-refractivity contribution in [3.8, 4) is 17.3 Å². The van der Waals surface area contributed by atoms with Crippen molar-refractivity contribution in [1.29, 1.82) is 0 Å². The summed E-state index contributed by atoms with van der Waals surface area (Å²) in [7, 11) is 1.56. The van der Waals surface area contributed by atoms with Gasteiger partial charge in [-0.25, -0.2) is 9.07 Å². The average molecular weight is 474 g/mol. The molecule has 1 fully saturated rings. The number of benzene rings is 2. The fraction of sp³-hybridized carbons (Fsp3) is 0.192. The lowest BCUT2D eigenvalue weighted by Crippen LogP contribution is -2.50. The van der Waals surface area contributed by atoms with Crippen molar-refractivity contribution >= 4 is 11.8 Å². The van der Waals surface area contributed by atoms with Crippen molar-refractivity contribution in [2.45, 2.75) is 0 Å². The second-order valence-corrected chi connectivity index (χ2v) is 8.15. The van der Waals surface area contributed by atoms with Gasteiger partial charge in [0.05, 0.1) is 13.3 Å². The third kappa shape index (κ3) is 4.28. The van der Waals surface area contributed by atoms with Gasteiger partial charge in [-0.1, -0.05) is 18.2 Å². The Balaban J connectivity index is 1.37. The number of halogens is 1. The summed E-state index contributed by atoms with van der Waals surface area (Å²) < 4.78 is 23.0. The van der Waals surface area contributed by atoms with E-state index in [2.05, 4.69) is 5.10 Å². The summed E-state index contributed by atoms with van der Waals surface area (Å²) >= 11 is 0. The molecule has 0 N–H and O–H groups in total. The van der Waals surface area contributed by atoms with E-state index in [9.17, 15) is 14.0 Å². The molecular formula is C26H24FN5O3. The van der Waals surface area contributed by atoms with Crippen LogP contribution in [0.3, 0.4) is 0 Å². The number of amides is 2. The Morgan fingerprint density at radius 1 is 0.886 bits per heavy atom. The van der Waals surface area contributed by atoms with E-state index < -0.39 is 5.82 Å². The van der Waals surface area contributed by atoms with E-state index in [0.29, 0.717) is 48.9 Å². The molecule has 0 atom stereocenters. The number of nitrogens with zero attached hydrogens (tertiary/aromatic N) is 5. The summed E-state index contributed by atoms with van der Waals surface area (Å²) in [6.45, 7) is 1.57. The van der Waals surface area contributed by atoms with Gasteiger partial charge in [-0.3, -0.25) is 9.59 Å². The molecule has 5 rings (SSSR count). The summed E-state index contributed by atoms with van der Waals surface area (Å²) in [4.78, 5) is 29.9. The van der Waals surface area contributed by atoms with Crippen LogP contribution in [0, 0.1) is 5.82 Å². The van der Waals surface area contributed by atoms with Crippen molar-refractivity contribution in [2.24, 2.45) is 0 Å². The number of carbonyl (C=O) groups excluding carboxylic acids is 2. The van der Waals surface area contributed by atoms with Gasteiger partial charge in [0.1, 0.15) is 22.8 Å². The number of methoxy groups -OCH3 is 1. The lowest BCUT2D eigenvalue weighted by Gasteiger charge is -2.34. The molecule has 1 aliphatic heterocycles. The summed E-state index contributed by atoms with van der Waals surface area (Å²) in [5.41, 5.74) is 1.16. The highest BCUT2D eigenvalue weighted by Gasteiger charge is 2.29. The van der Waals surface area contributed by atoms with Gasteiger partial charge >= 0.3 is 0 Å². The molecule has 3 heterocycles. The molecule has 8 nitrogen and oxygen atoms in total. The second kappa shape index (κ2) is 9.46. The predicted octanol–water partition coefficient (Wildman–Crippen LogP) is 3.41. The third-order valence-corrected chi connectivity index (χ3v) is 6.07. The van der Waals surface area contributed by atoms with Crippen molar-refractivity contribution in [3.05, 3.63) is 96.2 Å². The molecule has 0 bridgehead atoms. The molecule has 2 aromatic heterocycles. The maximum absolute atomic E-state index is 14.6. The maximum atomic E-state index is 14.6. The van der Waals surface area contributed by atoms with Gasteiger partial charge in [-0.05, 0) is 42.5 Å². The molecule has 2 aromatic carbocycles. The number of aromatic nitrogens is 3. The molecule has 0 unspecified atom stereocenters. The van der Waals surface area contributed by atoms with E-state index in [0.717, 1.165) is 0 Å². The lowest BCUT2D eigenvalue weighted by molar-refractivity contribution is 0.0535. The Kier molecular flexibility index (Phi) is 6.05. The first kappa shape index (κ1) is 22.4. The highest BCUT2D eigenvalue weighted by Crippen LogP contribution is 2.24. The quantitative estimate of drug-likeness (QED) is 0.445. The molecule has 178 valence electrons. The zero-order valence-electron chi connectivity index (χ0n) is 19.2. The number of hydrogen-bond acceptors (Lipinski definition) is 4. The highest BCUT2D eigenvalue weighted by atomic mass is 19.1. The number of hydrogen-bond donors (Lipinski definition) is 0. The molecule has 35 heavy (non-hydrogen) atoms. The number of carbonyl (C=O) groups is 2. The fourth-order valence-corrected chi connectivity index (χ4v) is 4.24. The zero-order chi connectivity index (χ0) is 24.4. The summed E-state index contributed by atoms with van der Waals surface area (Å²) in [5, 5.41) is 4.35. The molecule has 1 saturated heterocycles. The fourth-order valence-electron chi connectivity index (χ4n) is 4.24. The van der Waals surface area contributed by atoms with Crippen LogP contribution in [0.1, 0.15) is 20.7 Å². The Morgan fingerprint density at radius 3 is 2.26 bits per heavy atom. The van der Waals surface area contributed by atoms with Crippen molar-refractivity contribution in [3.63, 3.8) is 0 Å². The van der Waals surface area contributed by atoms with E-state index in [4.69, 9.17) is 4.74 Å². The number of para-hydroxylation sites is 1. The number of rotatable bonds is 5. The van der Waals surface area contributed by atoms with Crippen molar-refractivity contribution in [1.82, 2.24) is 24.1 Å². The largest absolute Gasteiger partial charge is 0.497 e. The van der Waals surface area contributed by atoms with Gasteiger partial charge in [0.15, 0.2) is 5.82 Å².